The molecule has 1 aromatic heterocycles. The number of halogens is 3. The highest BCUT2D eigenvalue weighted by Crippen LogP contribution is 2.43. The number of piperidine rings is 1. The van der Waals surface area contributed by atoms with Crippen molar-refractivity contribution in [2.75, 3.05) is 58.8 Å². The van der Waals surface area contributed by atoms with E-state index < -0.39 is 34.9 Å². The maximum atomic E-state index is 13.6. The molecule has 2 aliphatic heterocycles. The van der Waals surface area contributed by atoms with E-state index in [4.69, 9.17) is 9.47 Å². The molecule has 0 spiro atoms. The lowest BCUT2D eigenvalue weighted by Crippen LogP contribution is -2.42. The number of rotatable bonds is 13. The lowest BCUT2D eigenvalue weighted by Gasteiger charge is -2.41. The van der Waals surface area contributed by atoms with Crippen molar-refractivity contribution in [3.05, 3.63) is 65.1 Å². The second-order valence-electron chi connectivity index (χ2n) is 12.0. The lowest BCUT2D eigenvalue weighted by atomic mass is 9.71. The van der Waals surface area contributed by atoms with Crippen molar-refractivity contribution in [3.63, 3.8) is 0 Å². The topological polar surface area (TPSA) is 95.4 Å². The molecule has 0 radical (unpaired) electrons. The Kier molecular flexibility index (Phi) is 11.2. The minimum Gasteiger partial charge on any atom is -0.497 e. The summed E-state index contributed by atoms with van der Waals surface area (Å²) in [6, 6.07) is 7.62. The van der Waals surface area contributed by atoms with E-state index in [1.807, 2.05) is 24.4 Å². The molecule has 3 aromatic rings. The summed E-state index contributed by atoms with van der Waals surface area (Å²) >= 11 is 1.25. The van der Waals surface area contributed by atoms with Gasteiger partial charge in [-0.25, -0.2) is 13.2 Å². The molecule has 2 saturated heterocycles. The van der Waals surface area contributed by atoms with Crippen LogP contribution in [0.3, 0.4) is 0 Å². The number of carboxylic acid groups (broad SMARTS) is 1. The summed E-state index contributed by atoms with van der Waals surface area (Å²) in [5.41, 5.74) is 2.03. The van der Waals surface area contributed by atoms with Gasteiger partial charge >= 0.3 is 5.97 Å². The largest absolute Gasteiger partial charge is 0.497 e. The number of methoxy groups -OCH3 is 1. The number of carboxylic acids is 1. The molecule has 12 heteroatoms. The number of benzene rings is 2. The van der Waals surface area contributed by atoms with E-state index in [9.17, 15) is 28.2 Å². The van der Waals surface area contributed by atoms with Crippen molar-refractivity contribution < 1.29 is 37.7 Å². The van der Waals surface area contributed by atoms with Gasteiger partial charge in [-0.05, 0) is 85.6 Å². The third kappa shape index (κ3) is 8.48. The average Bonchev–Trinajstić information content (AvgIpc) is 3.03. The monoisotopic (exact) mass is 647 g/mol. The van der Waals surface area contributed by atoms with Crippen LogP contribution >= 0.6 is 11.8 Å². The van der Waals surface area contributed by atoms with Crippen LogP contribution in [0.15, 0.2) is 41.4 Å². The van der Waals surface area contributed by atoms with E-state index in [2.05, 4.69) is 14.8 Å². The molecule has 2 fully saturated rings. The third-order valence-electron chi connectivity index (χ3n) is 9.05. The number of aliphatic carboxylic acids is 1. The van der Waals surface area contributed by atoms with Crippen molar-refractivity contribution in [3.8, 4) is 5.75 Å². The number of likely N-dealkylation sites (tertiary alicyclic amines) is 1. The van der Waals surface area contributed by atoms with Gasteiger partial charge in [0.25, 0.3) is 0 Å². The number of fused-ring (bicyclic) bond motifs is 1. The number of hydrogen-bond donors (Lipinski definition) is 2. The summed E-state index contributed by atoms with van der Waals surface area (Å²) in [5.74, 6) is -3.52. The van der Waals surface area contributed by atoms with Gasteiger partial charge in [-0.15, -0.1) is 11.8 Å². The van der Waals surface area contributed by atoms with Crippen LogP contribution in [0, 0.1) is 22.9 Å². The maximum absolute atomic E-state index is 13.6. The Morgan fingerprint density at radius 3 is 2.47 bits per heavy atom. The summed E-state index contributed by atoms with van der Waals surface area (Å²) in [4.78, 5) is 21.5. The second kappa shape index (κ2) is 15.1. The summed E-state index contributed by atoms with van der Waals surface area (Å²) < 4.78 is 51.4. The highest BCUT2D eigenvalue weighted by Gasteiger charge is 2.37. The van der Waals surface area contributed by atoms with Gasteiger partial charge in [0.2, 0.25) is 0 Å². The van der Waals surface area contributed by atoms with Gasteiger partial charge in [0, 0.05) is 48.4 Å². The van der Waals surface area contributed by atoms with Crippen LogP contribution in [0.1, 0.15) is 49.3 Å². The van der Waals surface area contributed by atoms with E-state index in [0.29, 0.717) is 81.5 Å². The quantitative estimate of drug-likeness (QED) is 0.180. The molecule has 1 unspecified atom stereocenters. The van der Waals surface area contributed by atoms with Crippen LogP contribution < -0.4 is 4.74 Å². The number of aliphatic hydroxyl groups excluding tert-OH is 1. The smallest absolute Gasteiger partial charge is 0.303 e. The molecule has 2 aromatic carbocycles. The number of ether oxygens (including phenoxy) is 2. The first-order valence-electron chi connectivity index (χ1n) is 15.3. The average molecular weight is 648 g/mol. The molecule has 3 heterocycles. The zero-order valence-corrected chi connectivity index (χ0v) is 26.3. The van der Waals surface area contributed by atoms with Crippen LogP contribution in [-0.2, 0) is 16.1 Å². The van der Waals surface area contributed by atoms with Crippen LogP contribution in [0.2, 0.25) is 0 Å². The Bertz CT molecular complexity index is 1460. The second-order valence-corrected chi connectivity index (χ2v) is 13.2. The highest BCUT2D eigenvalue weighted by atomic mass is 32.2. The van der Waals surface area contributed by atoms with Crippen molar-refractivity contribution in [1.29, 1.82) is 0 Å². The predicted molar refractivity (Wildman–Crippen MR) is 166 cm³/mol. The maximum Gasteiger partial charge on any atom is 0.303 e. The van der Waals surface area contributed by atoms with Crippen LogP contribution in [0.25, 0.3) is 10.9 Å². The minimum atomic E-state index is -1.47. The molecule has 1 atom stereocenters. The fraction of sp³-hybridized carbons (Fsp3) is 0.515. The molecule has 0 aliphatic carbocycles. The van der Waals surface area contributed by atoms with Gasteiger partial charge < -0.3 is 24.6 Å². The lowest BCUT2D eigenvalue weighted by molar-refractivity contribution is -0.141. The van der Waals surface area contributed by atoms with Crippen molar-refractivity contribution in [2.24, 2.45) is 5.41 Å². The van der Waals surface area contributed by atoms with Gasteiger partial charge in [-0.1, -0.05) is 0 Å². The molecule has 8 nitrogen and oxygen atoms in total. The Balaban J connectivity index is 1.26. The molecule has 244 valence electrons. The molecule has 0 saturated carbocycles. The van der Waals surface area contributed by atoms with Crippen LogP contribution in [0.5, 0.6) is 5.75 Å². The zero-order valence-electron chi connectivity index (χ0n) is 25.4. The number of thioether (sulfide) groups is 1. The minimum absolute atomic E-state index is 0.0159. The molecule has 5 rings (SSSR count). The molecule has 45 heavy (non-hydrogen) atoms. The summed E-state index contributed by atoms with van der Waals surface area (Å²) in [6.45, 7) is 5.52. The summed E-state index contributed by atoms with van der Waals surface area (Å²) in [6.07, 6.45) is 3.28. The SMILES string of the molecule is COc1ccc2ncc(CN3CCOCC3)c(C(O)CCC3(CC(=O)O)CCN(CCSc4cc(F)c(F)c(F)c4)CC3)c2c1. The third-order valence-corrected chi connectivity index (χ3v) is 10.0. The first kappa shape index (κ1) is 33.5. The van der Waals surface area contributed by atoms with Crippen molar-refractivity contribution in [2.45, 2.75) is 49.6 Å². The fourth-order valence-corrected chi connectivity index (χ4v) is 7.42. The number of hydrogen-bond acceptors (Lipinski definition) is 8. The Morgan fingerprint density at radius 2 is 1.80 bits per heavy atom. The number of carbonyl (C=O) groups is 1. The molecule has 0 bridgehead atoms. The highest BCUT2D eigenvalue weighted by molar-refractivity contribution is 7.99. The van der Waals surface area contributed by atoms with Gasteiger partial charge in [0.1, 0.15) is 5.75 Å². The molecule has 0 amide bonds. The zero-order chi connectivity index (χ0) is 32.0. The van der Waals surface area contributed by atoms with Crippen molar-refractivity contribution in [1.82, 2.24) is 14.8 Å². The summed E-state index contributed by atoms with van der Waals surface area (Å²) in [7, 11) is 1.60. The van der Waals surface area contributed by atoms with Gasteiger partial charge in [0.15, 0.2) is 17.5 Å². The number of aromatic nitrogens is 1. The number of aliphatic hydroxyl groups is 1. The molecular weight excluding hydrogens is 607 g/mol. The van der Waals surface area contributed by atoms with Crippen molar-refractivity contribution >= 4 is 28.6 Å². The normalized spacial score (nSPS) is 18.2. The molecule has 2 N–H and O–H groups in total. The first-order valence-corrected chi connectivity index (χ1v) is 16.3. The van der Waals surface area contributed by atoms with E-state index in [1.54, 1.807) is 7.11 Å². The number of pyridine rings is 1. The standard InChI is InChI=1S/C33H40F3N3O5S/c1-43-23-2-3-28-25(16-23)31(22(20-37-28)21-39-10-13-44-14-11-39)29(40)4-5-33(19-30(41)42)6-8-38(9-7-33)12-15-45-24-17-26(34)32(36)27(35)18-24/h2-3,16-18,20,29,40H,4-15,19,21H2,1H3,(H,41,42). The predicted octanol–water partition coefficient (Wildman–Crippen LogP) is 5.66. The van der Waals surface area contributed by atoms with Crippen LogP contribution in [-0.4, -0.2) is 89.8 Å². The Hall–Kier alpha value is -2.90. The van der Waals surface area contributed by atoms with E-state index in [1.165, 1.54) is 11.8 Å². The van der Waals surface area contributed by atoms with E-state index in [-0.39, 0.29) is 6.42 Å². The first-order chi connectivity index (χ1) is 21.7. The number of nitrogens with zero attached hydrogens (tertiary/aromatic N) is 3. The number of morpholine rings is 1. The van der Waals surface area contributed by atoms with E-state index >= 15 is 0 Å². The molecular formula is C33H40F3N3O5S. The summed E-state index contributed by atoms with van der Waals surface area (Å²) in [5, 5.41) is 22.4. The Labute approximate surface area is 265 Å². The Morgan fingerprint density at radius 1 is 1.09 bits per heavy atom. The van der Waals surface area contributed by atoms with Gasteiger partial charge in [-0.2, -0.15) is 0 Å². The van der Waals surface area contributed by atoms with Gasteiger partial charge in [-0.3, -0.25) is 14.7 Å². The molecule has 2 aliphatic rings. The van der Waals surface area contributed by atoms with E-state index in [0.717, 1.165) is 47.3 Å². The fourth-order valence-electron chi connectivity index (χ4n) is 6.46. The van der Waals surface area contributed by atoms with Gasteiger partial charge in [0.05, 0.1) is 38.4 Å². The van der Waals surface area contributed by atoms with Crippen LogP contribution in [0.4, 0.5) is 13.2 Å².